The quantitative estimate of drug-likeness (QED) is 0.749. The molecule has 2 aromatic carbocycles. The van der Waals surface area contributed by atoms with Crippen LogP contribution in [0.2, 0.25) is 0 Å². The summed E-state index contributed by atoms with van der Waals surface area (Å²) in [4.78, 5) is 14.5. The predicted octanol–water partition coefficient (Wildman–Crippen LogP) is 5.42. The van der Waals surface area contributed by atoms with Crippen LogP contribution in [0.5, 0.6) is 0 Å². The molecule has 0 bridgehead atoms. The molecule has 0 aliphatic carbocycles. The van der Waals surface area contributed by atoms with Crippen molar-refractivity contribution in [3.05, 3.63) is 64.5 Å². The molecule has 1 N–H and O–H groups in total. The van der Waals surface area contributed by atoms with Crippen molar-refractivity contribution in [2.24, 2.45) is 5.92 Å². The summed E-state index contributed by atoms with van der Waals surface area (Å²) >= 11 is 0. The zero-order chi connectivity index (χ0) is 20.3. The van der Waals surface area contributed by atoms with Crippen molar-refractivity contribution in [1.29, 1.82) is 0 Å². The Labute approximate surface area is 167 Å². The number of nitrogens with one attached hydrogen (secondary N) is 1. The molecule has 150 valence electrons. The van der Waals surface area contributed by atoms with Gasteiger partial charge in [0.25, 0.3) is 0 Å². The summed E-state index contributed by atoms with van der Waals surface area (Å²) in [6.07, 6.45) is 2.10. The topological polar surface area (TPSA) is 32.3 Å². The highest BCUT2D eigenvalue weighted by atomic mass is 19.1. The van der Waals surface area contributed by atoms with Crippen LogP contribution in [0, 0.1) is 25.6 Å². The number of hydrogen-bond donors (Lipinski definition) is 1. The lowest BCUT2D eigenvalue weighted by molar-refractivity contribution is -0.118. The molecule has 3 nitrogen and oxygen atoms in total. The lowest BCUT2D eigenvalue weighted by atomic mass is 9.86. The van der Waals surface area contributed by atoms with E-state index in [1.807, 2.05) is 26.8 Å². The van der Waals surface area contributed by atoms with Crippen molar-refractivity contribution in [2.75, 3.05) is 18.4 Å². The number of nitrogens with zero attached hydrogens (tertiary/aromatic N) is 1. The van der Waals surface area contributed by atoms with E-state index < -0.39 is 0 Å². The van der Waals surface area contributed by atoms with Crippen molar-refractivity contribution in [1.82, 2.24) is 4.90 Å². The normalized spacial score (nSPS) is 15.8. The van der Waals surface area contributed by atoms with E-state index in [0.717, 1.165) is 43.6 Å². The van der Waals surface area contributed by atoms with Gasteiger partial charge in [0.2, 0.25) is 5.91 Å². The predicted molar refractivity (Wildman–Crippen MR) is 113 cm³/mol. The molecule has 1 heterocycles. The number of halogens is 1. The maximum absolute atomic E-state index is 14.3. The number of rotatable bonds is 5. The fraction of sp³-hybridized carbons (Fsp3) is 0.458. The molecule has 0 aromatic heterocycles. The van der Waals surface area contributed by atoms with Crippen LogP contribution >= 0.6 is 0 Å². The van der Waals surface area contributed by atoms with Gasteiger partial charge in [0.15, 0.2) is 0 Å². The van der Waals surface area contributed by atoms with Crippen LogP contribution in [-0.4, -0.2) is 23.9 Å². The molecule has 28 heavy (non-hydrogen) atoms. The van der Waals surface area contributed by atoms with Gasteiger partial charge in [-0.1, -0.05) is 43.7 Å². The summed E-state index contributed by atoms with van der Waals surface area (Å²) in [5.74, 6) is -0.271. The maximum atomic E-state index is 14.3. The number of hydrogen-bond acceptors (Lipinski definition) is 2. The lowest BCUT2D eigenvalue weighted by Crippen LogP contribution is -2.32. The Morgan fingerprint density at radius 2 is 1.79 bits per heavy atom. The standard InChI is InChI=1S/C24H31FN2O/c1-16(2)24(28)26-23-14-21(18(4)13-22(23)25)20-9-11-27(12-10-20)15-19-7-5-17(3)6-8-19/h5-8,13-14,16,20H,9-12,15H2,1-4H3,(H,26,28). The Morgan fingerprint density at radius 1 is 1.14 bits per heavy atom. The van der Waals surface area contributed by atoms with Gasteiger partial charge in [-0.3, -0.25) is 9.69 Å². The van der Waals surface area contributed by atoms with Crippen LogP contribution in [0.3, 0.4) is 0 Å². The molecule has 1 aliphatic heterocycles. The molecule has 1 saturated heterocycles. The second-order valence-electron chi connectivity index (χ2n) is 8.37. The molecule has 1 aliphatic rings. The van der Waals surface area contributed by atoms with Crippen molar-refractivity contribution in [3.63, 3.8) is 0 Å². The van der Waals surface area contributed by atoms with Crippen LogP contribution in [-0.2, 0) is 11.3 Å². The third kappa shape index (κ3) is 4.99. The van der Waals surface area contributed by atoms with Crippen LogP contribution < -0.4 is 5.32 Å². The monoisotopic (exact) mass is 382 g/mol. The molecule has 3 rings (SSSR count). The van der Waals surface area contributed by atoms with Gasteiger partial charge in [0, 0.05) is 12.5 Å². The SMILES string of the molecule is Cc1ccc(CN2CCC(c3cc(NC(=O)C(C)C)c(F)cc3C)CC2)cc1. The second kappa shape index (κ2) is 8.87. The summed E-state index contributed by atoms with van der Waals surface area (Å²) in [6.45, 7) is 10.7. The van der Waals surface area contributed by atoms with Gasteiger partial charge < -0.3 is 5.32 Å². The minimum absolute atomic E-state index is 0.151. The molecule has 1 amide bonds. The van der Waals surface area contributed by atoms with E-state index in [-0.39, 0.29) is 17.6 Å². The highest BCUT2D eigenvalue weighted by Gasteiger charge is 2.23. The van der Waals surface area contributed by atoms with E-state index in [9.17, 15) is 9.18 Å². The molecular weight excluding hydrogens is 351 g/mol. The smallest absolute Gasteiger partial charge is 0.227 e. The number of carbonyl (C=O) groups excluding carboxylic acids is 1. The molecule has 0 atom stereocenters. The molecule has 0 unspecified atom stereocenters. The van der Waals surface area contributed by atoms with Gasteiger partial charge in [-0.25, -0.2) is 4.39 Å². The number of aryl methyl sites for hydroxylation is 2. The highest BCUT2D eigenvalue weighted by molar-refractivity contribution is 5.92. The largest absolute Gasteiger partial charge is 0.323 e. The van der Waals surface area contributed by atoms with Gasteiger partial charge in [0.1, 0.15) is 5.82 Å². The Hall–Kier alpha value is -2.20. The lowest BCUT2D eigenvalue weighted by Gasteiger charge is -2.33. The molecule has 2 aromatic rings. The molecule has 0 saturated carbocycles. The van der Waals surface area contributed by atoms with E-state index in [1.54, 1.807) is 6.07 Å². The van der Waals surface area contributed by atoms with Gasteiger partial charge >= 0.3 is 0 Å². The van der Waals surface area contributed by atoms with E-state index in [4.69, 9.17) is 0 Å². The molecule has 4 heteroatoms. The minimum Gasteiger partial charge on any atom is -0.323 e. The van der Waals surface area contributed by atoms with Crippen LogP contribution in [0.4, 0.5) is 10.1 Å². The van der Waals surface area contributed by atoms with Crippen molar-refractivity contribution in [2.45, 2.75) is 53.0 Å². The fourth-order valence-corrected chi connectivity index (χ4v) is 3.86. The number of carbonyl (C=O) groups is 1. The van der Waals surface area contributed by atoms with E-state index in [0.29, 0.717) is 11.6 Å². The average Bonchev–Trinajstić information content (AvgIpc) is 2.66. The molecule has 0 spiro atoms. The minimum atomic E-state index is -0.355. The fourth-order valence-electron chi connectivity index (χ4n) is 3.86. The van der Waals surface area contributed by atoms with Gasteiger partial charge in [0.05, 0.1) is 5.69 Å². The number of likely N-dealkylation sites (tertiary alicyclic amines) is 1. The number of piperidine rings is 1. The zero-order valence-electron chi connectivity index (χ0n) is 17.4. The third-order valence-electron chi connectivity index (χ3n) is 5.69. The molecule has 1 fully saturated rings. The van der Waals surface area contributed by atoms with Crippen LogP contribution in [0.15, 0.2) is 36.4 Å². The summed E-state index contributed by atoms with van der Waals surface area (Å²) in [5, 5.41) is 2.74. The maximum Gasteiger partial charge on any atom is 0.227 e. The summed E-state index contributed by atoms with van der Waals surface area (Å²) in [5.41, 5.74) is 5.07. The van der Waals surface area contributed by atoms with E-state index in [1.165, 1.54) is 11.1 Å². The van der Waals surface area contributed by atoms with E-state index >= 15 is 0 Å². The summed E-state index contributed by atoms with van der Waals surface area (Å²) in [7, 11) is 0. The first kappa shape index (κ1) is 20.5. The van der Waals surface area contributed by atoms with Crippen molar-refractivity contribution >= 4 is 11.6 Å². The Balaban J connectivity index is 1.66. The van der Waals surface area contributed by atoms with Gasteiger partial charge in [-0.15, -0.1) is 0 Å². The molecule has 0 radical (unpaired) electrons. The Morgan fingerprint density at radius 3 is 2.39 bits per heavy atom. The second-order valence-corrected chi connectivity index (χ2v) is 8.37. The third-order valence-corrected chi connectivity index (χ3v) is 5.69. The first-order valence-corrected chi connectivity index (χ1v) is 10.2. The first-order valence-electron chi connectivity index (χ1n) is 10.2. The first-order chi connectivity index (χ1) is 13.3. The number of amides is 1. The van der Waals surface area contributed by atoms with Crippen LogP contribution in [0.1, 0.15) is 54.9 Å². The summed E-state index contributed by atoms with van der Waals surface area (Å²) < 4.78 is 14.3. The van der Waals surface area contributed by atoms with Crippen molar-refractivity contribution < 1.29 is 9.18 Å². The Bertz CT molecular complexity index is 821. The van der Waals surface area contributed by atoms with Crippen molar-refractivity contribution in [3.8, 4) is 0 Å². The number of anilines is 1. The van der Waals surface area contributed by atoms with Gasteiger partial charge in [-0.05, 0) is 74.5 Å². The Kier molecular flexibility index (Phi) is 6.50. The van der Waals surface area contributed by atoms with Crippen LogP contribution in [0.25, 0.3) is 0 Å². The average molecular weight is 383 g/mol. The van der Waals surface area contributed by atoms with Gasteiger partial charge in [-0.2, -0.15) is 0 Å². The highest BCUT2D eigenvalue weighted by Crippen LogP contribution is 2.33. The zero-order valence-corrected chi connectivity index (χ0v) is 17.4. The number of benzene rings is 2. The molecular formula is C24H31FN2O. The van der Waals surface area contributed by atoms with E-state index in [2.05, 4.69) is 41.4 Å². The summed E-state index contributed by atoms with van der Waals surface area (Å²) in [6, 6.07) is 12.1.